The third kappa shape index (κ3) is 10.2. The minimum atomic E-state index is -5.08. The van der Waals surface area contributed by atoms with Gasteiger partial charge in [-0.3, -0.25) is 0 Å². The van der Waals surface area contributed by atoms with E-state index in [0.717, 1.165) is 49.4 Å². The summed E-state index contributed by atoms with van der Waals surface area (Å²) in [6.45, 7) is 6.34. The Labute approximate surface area is 218 Å². The van der Waals surface area contributed by atoms with Crippen LogP contribution in [-0.2, 0) is 17.9 Å². The van der Waals surface area contributed by atoms with E-state index in [4.69, 9.17) is 14.6 Å². The van der Waals surface area contributed by atoms with E-state index in [1.165, 1.54) is 6.07 Å². The van der Waals surface area contributed by atoms with Gasteiger partial charge in [0.2, 0.25) is 0 Å². The molecule has 0 radical (unpaired) electrons. The van der Waals surface area contributed by atoms with Crippen molar-refractivity contribution in [1.29, 1.82) is 0 Å². The van der Waals surface area contributed by atoms with Gasteiger partial charge in [-0.1, -0.05) is 18.2 Å². The predicted octanol–water partition coefficient (Wildman–Crippen LogP) is 5.19. The van der Waals surface area contributed by atoms with Gasteiger partial charge in [-0.25, -0.2) is 18.4 Å². The molecule has 0 unspecified atom stereocenters. The Morgan fingerprint density at radius 2 is 1.61 bits per heavy atom. The lowest BCUT2D eigenvalue weighted by molar-refractivity contribution is -0.192. The Balaban J connectivity index is 0.000000638. The van der Waals surface area contributed by atoms with Crippen LogP contribution in [0.3, 0.4) is 0 Å². The molecule has 7 nitrogen and oxygen atoms in total. The van der Waals surface area contributed by atoms with Crippen molar-refractivity contribution in [3.05, 3.63) is 65.2 Å². The second kappa shape index (κ2) is 13.9. The van der Waals surface area contributed by atoms with Gasteiger partial charge in [0.1, 0.15) is 5.75 Å². The number of carbonyl (C=O) groups excluding carboxylic acids is 1. The number of piperidine rings is 1. The molecule has 38 heavy (non-hydrogen) atoms. The van der Waals surface area contributed by atoms with Crippen LogP contribution in [0.25, 0.3) is 0 Å². The zero-order chi connectivity index (χ0) is 28.5. The quantitative estimate of drug-likeness (QED) is 0.468. The minimum Gasteiger partial charge on any atom is -0.491 e. The molecule has 2 aromatic carbocycles. The van der Waals surface area contributed by atoms with Crippen LogP contribution in [-0.4, -0.2) is 65.4 Å². The summed E-state index contributed by atoms with van der Waals surface area (Å²) >= 11 is 0. The molecule has 2 aromatic rings. The Morgan fingerprint density at radius 1 is 1.05 bits per heavy atom. The molecule has 2 N–H and O–H groups in total. The van der Waals surface area contributed by atoms with Crippen LogP contribution in [0.15, 0.2) is 42.5 Å². The summed E-state index contributed by atoms with van der Waals surface area (Å²) in [5.74, 6) is -3.75. The van der Waals surface area contributed by atoms with Gasteiger partial charge in [0.25, 0.3) is 0 Å². The topological polar surface area (TPSA) is 82.1 Å². The van der Waals surface area contributed by atoms with Crippen LogP contribution >= 0.6 is 0 Å². The number of nitrogens with zero attached hydrogens (tertiary/aromatic N) is 2. The molecule has 1 fully saturated rings. The Hall–Kier alpha value is -3.41. The average molecular weight is 546 g/mol. The maximum atomic E-state index is 13.7. The fraction of sp³-hybridized carbons (Fsp3) is 0.462. The molecule has 0 spiro atoms. The molecule has 210 valence electrons. The highest BCUT2D eigenvalue weighted by Gasteiger charge is 2.38. The molecule has 12 heteroatoms. The number of likely N-dealkylation sites (tertiary alicyclic amines) is 1. The number of benzene rings is 2. The fourth-order valence-corrected chi connectivity index (χ4v) is 3.75. The smallest absolute Gasteiger partial charge is 0.490 e. The zero-order valence-corrected chi connectivity index (χ0v) is 21.4. The lowest BCUT2D eigenvalue weighted by atomic mass is 10.0. The molecule has 0 atom stereocenters. The van der Waals surface area contributed by atoms with Crippen molar-refractivity contribution in [2.45, 2.75) is 58.1 Å². The van der Waals surface area contributed by atoms with Crippen LogP contribution in [0.4, 0.5) is 26.7 Å². The van der Waals surface area contributed by atoms with E-state index < -0.39 is 23.8 Å². The molecule has 3 rings (SSSR count). The number of amides is 2. The summed E-state index contributed by atoms with van der Waals surface area (Å²) in [5, 5.41) is 10.1. The number of urea groups is 1. The van der Waals surface area contributed by atoms with Crippen molar-refractivity contribution >= 4 is 12.0 Å². The van der Waals surface area contributed by atoms with Gasteiger partial charge in [0, 0.05) is 19.1 Å². The van der Waals surface area contributed by atoms with E-state index in [2.05, 4.69) is 17.3 Å². The number of alkyl halides is 3. The number of rotatable bonds is 7. The number of carboxylic acids is 1. The molecular formula is C26H32F5N3O4. The molecule has 0 bridgehead atoms. The second-order valence-corrected chi connectivity index (χ2v) is 9.18. The van der Waals surface area contributed by atoms with Crippen molar-refractivity contribution in [1.82, 2.24) is 15.1 Å². The summed E-state index contributed by atoms with van der Waals surface area (Å²) in [4.78, 5) is 25.9. The SMILES string of the molecule is CC(C)Oc1ccc(CNC(=O)N(Cc2ccc(F)c(F)c2)C2CCN(C)CC2)cc1.O=C(O)C(F)(F)F. The molecule has 2 amide bonds. The maximum absolute atomic E-state index is 13.7. The highest BCUT2D eigenvalue weighted by Crippen LogP contribution is 2.20. The third-order valence-corrected chi connectivity index (χ3v) is 5.71. The highest BCUT2D eigenvalue weighted by molar-refractivity contribution is 5.74. The molecule has 1 heterocycles. The molecule has 0 saturated carbocycles. The molecule has 1 saturated heterocycles. The van der Waals surface area contributed by atoms with Crippen molar-refractivity contribution < 1.29 is 41.4 Å². The molecule has 0 aliphatic carbocycles. The van der Waals surface area contributed by atoms with Crippen LogP contribution < -0.4 is 10.1 Å². The fourth-order valence-electron chi connectivity index (χ4n) is 3.75. The van der Waals surface area contributed by atoms with Crippen LogP contribution in [0.1, 0.15) is 37.8 Å². The number of carbonyl (C=O) groups is 2. The van der Waals surface area contributed by atoms with Gasteiger partial charge >= 0.3 is 18.2 Å². The maximum Gasteiger partial charge on any atom is 0.490 e. The first-order chi connectivity index (χ1) is 17.8. The first-order valence-corrected chi connectivity index (χ1v) is 12.0. The summed E-state index contributed by atoms with van der Waals surface area (Å²) in [5.41, 5.74) is 1.53. The number of carboxylic acid groups (broad SMARTS) is 1. The normalized spacial score (nSPS) is 14.4. The largest absolute Gasteiger partial charge is 0.491 e. The molecular weight excluding hydrogens is 513 g/mol. The standard InChI is InChI=1S/C24H31F2N3O2.C2HF3O2/c1-17(2)31-21-7-4-18(5-8-21)15-27-24(30)29(20-10-12-28(3)13-11-20)16-19-6-9-22(25)23(26)14-19;3-2(4,5)1(6)7/h4-9,14,17,20H,10-13,15-16H2,1-3H3,(H,27,30);(H,6,7). The van der Waals surface area contributed by atoms with Crippen molar-refractivity contribution in [3.8, 4) is 5.75 Å². The summed E-state index contributed by atoms with van der Waals surface area (Å²) in [6.07, 6.45) is -3.30. The van der Waals surface area contributed by atoms with Gasteiger partial charge in [-0.05, 0) is 82.2 Å². The summed E-state index contributed by atoms with van der Waals surface area (Å²) in [7, 11) is 2.06. The Bertz CT molecular complexity index is 1060. The number of hydrogen-bond acceptors (Lipinski definition) is 4. The molecule has 1 aliphatic heterocycles. The number of hydrogen-bond donors (Lipinski definition) is 2. The second-order valence-electron chi connectivity index (χ2n) is 9.18. The van der Waals surface area contributed by atoms with E-state index >= 15 is 0 Å². The predicted molar refractivity (Wildman–Crippen MR) is 131 cm³/mol. The number of halogens is 5. The first kappa shape index (κ1) is 30.8. The zero-order valence-electron chi connectivity index (χ0n) is 21.4. The van der Waals surface area contributed by atoms with E-state index in [1.807, 2.05) is 38.1 Å². The Kier molecular flexibility index (Phi) is 11.3. The van der Waals surface area contributed by atoms with Gasteiger partial charge in [-0.2, -0.15) is 13.2 Å². The van der Waals surface area contributed by atoms with Gasteiger partial charge in [0.15, 0.2) is 11.6 Å². The van der Waals surface area contributed by atoms with Crippen LogP contribution in [0.5, 0.6) is 5.75 Å². The Morgan fingerprint density at radius 3 is 2.11 bits per heavy atom. The van der Waals surface area contributed by atoms with Crippen molar-refractivity contribution in [2.75, 3.05) is 20.1 Å². The number of nitrogens with one attached hydrogen (secondary N) is 1. The van der Waals surface area contributed by atoms with Crippen LogP contribution in [0.2, 0.25) is 0 Å². The van der Waals surface area contributed by atoms with Crippen LogP contribution in [0, 0.1) is 11.6 Å². The first-order valence-electron chi connectivity index (χ1n) is 12.0. The van der Waals surface area contributed by atoms with E-state index in [0.29, 0.717) is 12.1 Å². The third-order valence-electron chi connectivity index (χ3n) is 5.71. The lowest BCUT2D eigenvalue weighted by Crippen LogP contribution is -2.49. The van der Waals surface area contributed by atoms with Gasteiger partial charge in [0.05, 0.1) is 6.10 Å². The summed E-state index contributed by atoms with van der Waals surface area (Å²) < 4.78 is 64.4. The highest BCUT2D eigenvalue weighted by atomic mass is 19.4. The molecule has 1 aliphatic rings. The van der Waals surface area contributed by atoms with E-state index in [-0.39, 0.29) is 24.7 Å². The summed E-state index contributed by atoms with van der Waals surface area (Å²) in [6, 6.07) is 11.3. The average Bonchev–Trinajstić information content (AvgIpc) is 2.84. The van der Waals surface area contributed by atoms with Crippen molar-refractivity contribution in [3.63, 3.8) is 0 Å². The number of aliphatic carboxylic acids is 1. The minimum absolute atomic E-state index is 0.0473. The number of ether oxygens (including phenoxy) is 1. The van der Waals surface area contributed by atoms with E-state index in [9.17, 15) is 26.7 Å². The van der Waals surface area contributed by atoms with Gasteiger partial charge < -0.3 is 25.0 Å². The van der Waals surface area contributed by atoms with Gasteiger partial charge in [-0.15, -0.1) is 0 Å². The lowest BCUT2D eigenvalue weighted by Gasteiger charge is -2.37. The van der Waals surface area contributed by atoms with Crippen molar-refractivity contribution in [2.24, 2.45) is 0 Å². The van der Waals surface area contributed by atoms with E-state index in [1.54, 1.807) is 4.90 Å². The molecule has 0 aromatic heterocycles. The monoisotopic (exact) mass is 545 g/mol.